The second-order valence-electron chi connectivity index (χ2n) is 3.85. The Bertz CT molecular complexity index is 593. The number of aliphatic hydroxyl groups excluding tert-OH is 1. The molecule has 0 amide bonds. The standard InChI is InChI=1S/C14H11BrO4/c15-13-7-11(5-6-12(13)14(17)18)19-10-3-1-9(8-16)2-4-10/h1-7,16H,8H2,(H,17,18). The summed E-state index contributed by atoms with van der Waals surface area (Å²) in [6, 6.07) is 11.7. The molecule has 0 unspecified atom stereocenters. The van der Waals surface area contributed by atoms with Crippen LogP contribution in [0, 0.1) is 0 Å². The quantitative estimate of drug-likeness (QED) is 0.905. The van der Waals surface area contributed by atoms with Crippen molar-refractivity contribution in [3.8, 4) is 11.5 Å². The molecular formula is C14H11BrO4. The molecule has 0 aliphatic heterocycles. The van der Waals surface area contributed by atoms with Crippen LogP contribution in [0.4, 0.5) is 0 Å². The zero-order chi connectivity index (χ0) is 13.8. The third-order valence-corrected chi connectivity index (χ3v) is 3.17. The molecule has 0 saturated heterocycles. The highest BCUT2D eigenvalue weighted by molar-refractivity contribution is 9.10. The SMILES string of the molecule is O=C(O)c1ccc(Oc2ccc(CO)cc2)cc1Br. The normalized spacial score (nSPS) is 10.2. The van der Waals surface area contributed by atoms with Crippen molar-refractivity contribution in [2.75, 3.05) is 0 Å². The van der Waals surface area contributed by atoms with Crippen LogP contribution in [0.2, 0.25) is 0 Å². The van der Waals surface area contributed by atoms with Crippen molar-refractivity contribution in [3.63, 3.8) is 0 Å². The molecule has 0 atom stereocenters. The Kier molecular flexibility index (Phi) is 4.19. The molecule has 19 heavy (non-hydrogen) atoms. The van der Waals surface area contributed by atoms with E-state index < -0.39 is 5.97 Å². The summed E-state index contributed by atoms with van der Waals surface area (Å²) in [5.41, 5.74) is 0.984. The average Bonchev–Trinajstić information content (AvgIpc) is 2.39. The van der Waals surface area contributed by atoms with Crippen molar-refractivity contribution in [1.82, 2.24) is 0 Å². The molecule has 0 aromatic heterocycles. The van der Waals surface area contributed by atoms with Gasteiger partial charge in [0.1, 0.15) is 11.5 Å². The lowest BCUT2D eigenvalue weighted by Gasteiger charge is -2.07. The minimum Gasteiger partial charge on any atom is -0.478 e. The largest absolute Gasteiger partial charge is 0.478 e. The van der Waals surface area contributed by atoms with Crippen LogP contribution >= 0.6 is 15.9 Å². The summed E-state index contributed by atoms with van der Waals surface area (Å²) in [5.74, 6) is 0.159. The molecule has 5 heteroatoms. The van der Waals surface area contributed by atoms with Crippen LogP contribution in [0.1, 0.15) is 15.9 Å². The molecule has 2 aromatic carbocycles. The van der Waals surface area contributed by atoms with Crippen molar-refractivity contribution in [3.05, 3.63) is 58.1 Å². The van der Waals surface area contributed by atoms with Crippen LogP contribution < -0.4 is 4.74 Å². The lowest BCUT2D eigenvalue weighted by Crippen LogP contribution is -1.97. The maximum Gasteiger partial charge on any atom is 0.336 e. The molecule has 2 aromatic rings. The summed E-state index contributed by atoms with van der Waals surface area (Å²) in [5, 5.41) is 17.8. The molecule has 0 fully saturated rings. The molecule has 0 aliphatic carbocycles. The molecular weight excluding hydrogens is 312 g/mol. The topological polar surface area (TPSA) is 66.8 Å². The van der Waals surface area contributed by atoms with Crippen LogP contribution in [-0.2, 0) is 6.61 Å². The minimum atomic E-state index is -0.995. The molecule has 2 N–H and O–H groups in total. The molecule has 0 aliphatic rings. The third-order valence-electron chi connectivity index (χ3n) is 2.51. The van der Waals surface area contributed by atoms with Crippen LogP contribution in [0.3, 0.4) is 0 Å². The number of benzene rings is 2. The Hall–Kier alpha value is -1.85. The zero-order valence-corrected chi connectivity index (χ0v) is 11.4. The molecule has 0 bridgehead atoms. The van der Waals surface area contributed by atoms with Gasteiger partial charge in [-0.25, -0.2) is 4.79 Å². The summed E-state index contributed by atoms with van der Waals surface area (Å²) in [4.78, 5) is 10.9. The second-order valence-corrected chi connectivity index (χ2v) is 4.71. The van der Waals surface area contributed by atoms with Crippen LogP contribution in [0.15, 0.2) is 46.9 Å². The molecule has 0 saturated carbocycles. The van der Waals surface area contributed by atoms with E-state index in [0.717, 1.165) is 5.56 Å². The predicted octanol–water partition coefficient (Wildman–Crippen LogP) is 3.43. The predicted molar refractivity (Wildman–Crippen MR) is 73.5 cm³/mol. The highest BCUT2D eigenvalue weighted by Gasteiger charge is 2.09. The van der Waals surface area contributed by atoms with E-state index in [4.69, 9.17) is 14.9 Å². The molecule has 0 radical (unpaired) electrons. The van der Waals surface area contributed by atoms with Gasteiger partial charge in [0.15, 0.2) is 0 Å². The van der Waals surface area contributed by atoms with Gasteiger partial charge in [0.05, 0.1) is 12.2 Å². The van der Waals surface area contributed by atoms with Crippen molar-refractivity contribution in [2.24, 2.45) is 0 Å². The number of aliphatic hydroxyl groups is 1. The van der Waals surface area contributed by atoms with E-state index in [-0.39, 0.29) is 12.2 Å². The number of hydrogen-bond donors (Lipinski definition) is 2. The lowest BCUT2D eigenvalue weighted by molar-refractivity contribution is 0.0696. The van der Waals surface area contributed by atoms with E-state index in [1.54, 1.807) is 36.4 Å². The van der Waals surface area contributed by atoms with Crippen molar-refractivity contribution in [2.45, 2.75) is 6.61 Å². The van der Waals surface area contributed by atoms with Gasteiger partial charge in [-0.1, -0.05) is 12.1 Å². The Morgan fingerprint density at radius 2 is 1.74 bits per heavy atom. The van der Waals surface area contributed by atoms with Gasteiger partial charge < -0.3 is 14.9 Å². The number of carboxylic acid groups (broad SMARTS) is 1. The number of carbonyl (C=O) groups is 1. The van der Waals surface area contributed by atoms with Crippen LogP contribution in [0.25, 0.3) is 0 Å². The molecule has 0 spiro atoms. The second kappa shape index (κ2) is 5.86. The monoisotopic (exact) mass is 322 g/mol. The van der Waals surface area contributed by atoms with Crippen molar-refractivity contribution >= 4 is 21.9 Å². The summed E-state index contributed by atoms with van der Waals surface area (Å²) >= 11 is 3.19. The number of rotatable bonds is 4. The van der Waals surface area contributed by atoms with E-state index in [1.807, 2.05) is 0 Å². The van der Waals surface area contributed by atoms with Crippen molar-refractivity contribution < 1.29 is 19.7 Å². The van der Waals surface area contributed by atoms with Gasteiger partial charge in [-0.15, -0.1) is 0 Å². The van der Waals surface area contributed by atoms with Gasteiger partial charge in [0.25, 0.3) is 0 Å². The van der Waals surface area contributed by atoms with Crippen LogP contribution in [0.5, 0.6) is 11.5 Å². The Labute approximate surface area is 118 Å². The Morgan fingerprint density at radius 1 is 1.11 bits per heavy atom. The van der Waals surface area contributed by atoms with Crippen LogP contribution in [-0.4, -0.2) is 16.2 Å². The number of halogens is 1. The van der Waals surface area contributed by atoms with E-state index in [2.05, 4.69) is 15.9 Å². The maximum atomic E-state index is 10.9. The number of ether oxygens (including phenoxy) is 1. The number of hydrogen-bond acceptors (Lipinski definition) is 3. The summed E-state index contributed by atoms with van der Waals surface area (Å²) in [7, 11) is 0. The van der Waals surface area contributed by atoms with Gasteiger partial charge >= 0.3 is 5.97 Å². The fraction of sp³-hybridized carbons (Fsp3) is 0.0714. The zero-order valence-electron chi connectivity index (χ0n) is 9.84. The first-order valence-electron chi connectivity index (χ1n) is 5.50. The third kappa shape index (κ3) is 3.33. The van der Waals surface area contributed by atoms with E-state index >= 15 is 0 Å². The average molecular weight is 323 g/mol. The highest BCUT2D eigenvalue weighted by atomic mass is 79.9. The van der Waals surface area contributed by atoms with E-state index in [9.17, 15) is 4.79 Å². The molecule has 98 valence electrons. The van der Waals surface area contributed by atoms with E-state index in [1.165, 1.54) is 6.07 Å². The van der Waals surface area contributed by atoms with Gasteiger partial charge in [-0.3, -0.25) is 0 Å². The van der Waals surface area contributed by atoms with Crippen molar-refractivity contribution in [1.29, 1.82) is 0 Å². The first-order chi connectivity index (χ1) is 9.10. The minimum absolute atomic E-state index is 0.0147. The van der Waals surface area contributed by atoms with Gasteiger partial charge in [-0.05, 0) is 51.8 Å². The lowest BCUT2D eigenvalue weighted by atomic mass is 10.2. The fourth-order valence-electron chi connectivity index (χ4n) is 1.53. The first kappa shape index (κ1) is 13.6. The number of aromatic carboxylic acids is 1. The molecule has 0 heterocycles. The maximum absolute atomic E-state index is 10.9. The summed E-state index contributed by atoms with van der Waals surface area (Å²) in [6.07, 6.45) is 0. The van der Waals surface area contributed by atoms with Gasteiger partial charge in [0.2, 0.25) is 0 Å². The van der Waals surface area contributed by atoms with Gasteiger partial charge in [-0.2, -0.15) is 0 Å². The summed E-state index contributed by atoms with van der Waals surface area (Å²) in [6.45, 7) is -0.0147. The molecule has 4 nitrogen and oxygen atoms in total. The van der Waals surface area contributed by atoms with E-state index in [0.29, 0.717) is 16.0 Å². The fourth-order valence-corrected chi connectivity index (χ4v) is 2.06. The Morgan fingerprint density at radius 3 is 2.26 bits per heavy atom. The highest BCUT2D eigenvalue weighted by Crippen LogP contribution is 2.27. The first-order valence-corrected chi connectivity index (χ1v) is 6.30. The summed E-state index contributed by atoms with van der Waals surface area (Å²) < 4.78 is 6.05. The Balaban J connectivity index is 2.18. The smallest absolute Gasteiger partial charge is 0.336 e. The molecule has 2 rings (SSSR count). The van der Waals surface area contributed by atoms with Gasteiger partial charge in [0, 0.05) is 4.47 Å². The number of carboxylic acids is 1.